The van der Waals surface area contributed by atoms with E-state index in [9.17, 15) is 9.50 Å². The molecule has 1 aromatic rings. The van der Waals surface area contributed by atoms with E-state index in [1.54, 1.807) is 35.7 Å². The highest BCUT2D eigenvalue weighted by Crippen LogP contribution is 2.52. The van der Waals surface area contributed by atoms with Crippen LogP contribution in [0.15, 0.2) is 24.3 Å². The monoisotopic (exact) mass is 272 g/mol. The Hall–Kier alpha value is -0.190. The molecule has 0 amide bonds. The lowest BCUT2D eigenvalue weighted by Crippen LogP contribution is -2.44. The van der Waals surface area contributed by atoms with Gasteiger partial charge in [0.25, 0.3) is 0 Å². The van der Waals surface area contributed by atoms with Crippen molar-refractivity contribution in [2.45, 2.75) is 29.9 Å². The molecule has 1 heterocycles. The molecule has 0 radical (unpaired) electrons. The van der Waals surface area contributed by atoms with Crippen molar-refractivity contribution in [2.24, 2.45) is 0 Å². The Morgan fingerprint density at radius 1 is 1.24 bits per heavy atom. The molecule has 1 atom stereocenters. The van der Waals surface area contributed by atoms with Gasteiger partial charge in [0.2, 0.25) is 0 Å². The summed E-state index contributed by atoms with van der Waals surface area (Å²) >= 11 is 3.58. The summed E-state index contributed by atoms with van der Waals surface area (Å²) in [5, 5.41) is 10.8. The van der Waals surface area contributed by atoms with Crippen molar-refractivity contribution in [2.75, 3.05) is 11.5 Å². The van der Waals surface area contributed by atoms with Crippen LogP contribution in [0.4, 0.5) is 4.39 Å². The molecule has 0 bridgehead atoms. The Bertz CT molecular complexity index is 383. The van der Waals surface area contributed by atoms with Gasteiger partial charge in [0.15, 0.2) is 0 Å². The molecular weight excluding hydrogens is 255 g/mol. The minimum absolute atomic E-state index is 0.261. The normalized spacial score (nSPS) is 23.1. The van der Waals surface area contributed by atoms with Gasteiger partial charge in [0.05, 0.1) is 4.08 Å². The number of hydrogen-bond donors (Lipinski definition) is 1. The molecule has 4 heteroatoms. The molecule has 1 saturated heterocycles. The lowest BCUT2D eigenvalue weighted by molar-refractivity contribution is 0.0487. The second-order valence-electron chi connectivity index (χ2n) is 4.58. The molecule has 0 spiro atoms. The minimum atomic E-state index is -0.948. The number of hydrogen-bond acceptors (Lipinski definition) is 3. The van der Waals surface area contributed by atoms with E-state index in [1.165, 1.54) is 18.6 Å². The highest BCUT2D eigenvalue weighted by atomic mass is 32.2. The van der Waals surface area contributed by atoms with E-state index in [0.717, 1.165) is 17.1 Å². The van der Waals surface area contributed by atoms with E-state index in [-0.39, 0.29) is 9.90 Å². The molecular formula is C13H17FOS2. The third-order valence-corrected chi connectivity index (χ3v) is 6.92. The van der Waals surface area contributed by atoms with Gasteiger partial charge in [-0.25, -0.2) is 4.39 Å². The fourth-order valence-corrected chi connectivity index (χ4v) is 5.12. The van der Waals surface area contributed by atoms with E-state index in [4.69, 9.17) is 0 Å². The van der Waals surface area contributed by atoms with Gasteiger partial charge < -0.3 is 5.11 Å². The van der Waals surface area contributed by atoms with E-state index in [0.29, 0.717) is 0 Å². The topological polar surface area (TPSA) is 20.2 Å². The third kappa shape index (κ3) is 2.49. The molecule has 0 aliphatic carbocycles. The molecule has 1 aliphatic heterocycles. The highest BCUT2D eigenvalue weighted by Gasteiger charge is 2.46. The van der Waals surface area contributed by atoms with Crippen LogP contribution in [0.5, 0.6) is 0 Å². The van der Waals surface area contributed by atoms with Gasteiger partial charge in [0.1, 0.15) is 11.4 Å². The average molecular weight is 272 g/mol. The quantitative estimate of drug-likeness (QED) is 0.888. The van der Waals surface area contributed by atoms with Gasteiger partial charge in [-0.05, 0) is 49.5 Å². The van der Waals surface area contributed by atoms with Gasteiger partial charge in [-0.3, -0.25) is 0 Å². The van der Waals surface area contributed by atoms with Crippen LogP contribution in [-0.2, 0) is 5.60 Å². The van der Waals surface area contributed by atoms with Crippen molar-refractivity contribution in [3.63, 3.8) is 0 Å². The van der Waals surface area contributed by atoms with Crippen LogP contribution in [-0.4, -0.2) is 20.7 Å². The van der Waals surface area contributed by atoms with Crippen LogP contribution in [0.25, 0.3) is 0 Å². The first-order chi connectivity index (χ1) is 7.96. The Kier molecular flexibility index (Phi) is 3.76. The fourth-order valence-electron chi connectivity index (χ4n) is 1.95. The van der Waals surface area contributed by atoms with Gasteiger partial charge in [0, 0.05) is 0 Å². The minimum Gasteiger partial charge on any atom is -0.383 e. The molecule has 0 unspecified atom stereocenters. The van der Waals surface area contributed by atoms with E-state index < -0.39 is 5.60 Å². The first-order valence-corrected chi connectivity index (χ1v) is 7.69. The second-order valence-corrected chi connectivity index (χ2v) is 7.86. The summed E-state index contributed by atoms with van der Waals surface area (Å²) in [6, 6.07) is 6.17. The smallest absolute Gasteiger partial charge is 0.123 e. The van der Waals surface area contributed by atoms with Crippen LogP contribution in [0, 0.1) is 5.82 Å². The number of halogens is 1. The molecule has 0 aromatic heterocycles. The zero-order valence-corrected chi connectivity index (χ0v) is 11.7. The predicted octanol–water partition coefficient (Wildman–Crippen LogP) is 3.62. The first kappa shape index (κ1) is 13.2. The average Bonchev–Trinajstić information content (AvgIpc) is 2.30. The van der Waals surface area contributed by atoms with Crippen molar-refractivity contribution in [1.29, 1.82) is 0 Å². The largest absolute Gasteiger partial charge is 0.383 e. The van der Waals surface area contributed by atoms with Gasteiger partial charge in [-0.15, -0.1) is 23.5 Å². The zero-order valence-electron chi connectivity index (χ0n) is 10.1. The van der Waals surface area contributed by atoms with Crippen LogP contribution in [0.3, 0.4) is 0 Å². The van der Waals surface area contributed by atoms with Gasteiger partial charge >= 0.3 is 0 Å². The summed E-state index contributed by atoms with van der Waals surface area (Å²) in [7, 11) is 0. The summed E-state index contributed by atoms with van der Waals surface area (Å²) in [5.41, 5.74) is -0.167. The molecule has 0 saturated carbocycles. The van der Waals surface area contributed by atoms with Crippen LogP contribution < -0.4 is 0 Å². The Morgan fingerprint density at radius 3 is 2.29 bits per heavy atom. The summed E-state index contributed by atoms with van der Waals surface area (Å²) < 4.78 is 12.7. The summed E-state index contributed by atoms with van der Waals surface area (Å²) in [5.74, 6) is 1.88. The number of aliphatic hydroxyl groups is 1. The summed E-state index contributed by atoms with van der Waals surface area (Å²) in [4.78, 5) is 0. The highest BCUT2D eigenvalue weighted by molar-refractivity contribution is 8.18. The third-order valence-electron chi connectivity index (χ3n) is 3.33. The first-order valence-electron chi connectivity index (χ1n) is 5.72. The SMILES string of the molecule is CC1([C@](C)(O)c2ccc(F)cc2)SCCCS1. The number of rotatable bonds is 2. The van der Waals surface area contributed by atoms with E-state index in [2.05, 4.69) is 6.92 Å². The zero-order chi connectivity index (χ0) is 12.5. The molecule has 1 fully saturated rings. The lowest BCUT2D eigenvalue weighted by atomic mass is 9.92. The molecule has 94 valence electrons. The standard InChI is InChI=1S/C13H17FOS2/c1-12(15,10-4-6-11(14)7-5-10)13(2)16-8-3-9-17-13/h4-7,15H,3,8-9H2,1-2H3/t12-/m1/s1. The fraction of sp³-hybridized carbons (Fsp3) is 0.538. The van der Waals surface area contributed by atoms with Crippen molar-refractivity contribution in [1.82, 2.24) is 0 Å². The molecule has 1 aliphatic rings. The number of thioether (sulfide) groups is 2. The van der Waals surface area contributed by atoms with Crippen molar-refractivity contribution in [3.05, 3.63) is 35.6 Å². The second kappa shape index (κ2) is 4.82. The van der Waals surface area contributed by atoms with Crippen molar-refractivity contribution in [3.8, 4) is 0 Å². The molecule has 17 heavy (non-hydrogen) atoms. The maximum Gasteiger partial charge on any atom is 0.123 e. The molecule has 2 rings (SSSR count). The van der Waals surface area contributed by atoms with Gasteiger partial charge in [-0.1, -0.05) is 12.1 Å². The van der Waals surface area contributed by atoms with Crippen molar-refractivity contribution >= 4 is 23.5 Å². The summed E-state index contributed by atoms with van der Waals surface area (Å²) in [6.07, 6.45) is 1.18. The van der Waals surface area contributed by atoms with Crippen LogP contribution in [0.1, 0.15) is 25.8 Å². The maximum absolute atomic E-state index is 12.9. The predicted molar refractivity (Wildman–Crippen MR) is 73.9 cm³/mol. The van der Waals surface area contributed by atoms with Crippen LogP contribution in [0.2, 0.25) is 0 Å². The van der Waals surface area contributed by atoms with Crippen LogP contribution >= 0.6 is 23.5 Å². The number of benzene rings is 1. The Labute approximate surface area is 110 Å². The molecule has 1 N–H and O–H groups in total. The molecule has 1 nitrogen and oxygen atoms in total. The Balaban J connectivity index is 2.30. The van der Waals surface area contributed by atoms with Crippen molar-refractivity contribution < 1.29 is 9.50 Å². The van der Waals surface area contributed by atoms with E-state index in [1.807, 2.05) is 6.92 Å². The lowest BCUT2D eigenvalue weighted by Gasteiger charge is -2.44. The molecule has 1 aromatic carbocycles. The van der Waals surface area contributed by atoms with Gasteiger partial charge in [-0.2, -0.15) is 0 Å². The van der Waals surface area contributed by atoms with E-state index >= 15 is 0 Å². The maximum atomic E-state index is 12.9. The summed E-state index contributed by atoms with van der Waals surface area (Å²) in [6.45, 7) is 3.90. The Morgan fingerprint density at radius 2 is 1.76 bits per heavy atom.